The van der Waals surface area contributed by atoms with Crippen molar-refractivity contribution in [3.63, 3.8) is 0 Å². The van der Waals surface area contributed by atoms with Crippen molar-refractivity contribution in [2.75, 3.05) is 18.0 Å². The fourth-order valence-electron chi connectivity index (χ4n) is 4.05. The van der Waals surface area contributed by atoms with E-state index in [0.717, 1.165) is 43.6 Å². The first kappa shape index (κ1) is 17.5. The molecule has 1 atom stereocenters. The van der Waals surface area contributed by atoms with E-state index in [2.05, 4.69) is 22.1 Å². The van der Waals surface area contributed by atoms with Crippen molar-refractivity contribution < 1.29 is 9.59 Å². The van der Waals surface area contributed by atoms with Gasteiger partial charge in [-0.05, 0) is 62.1 Å². The van der Waals surface area contributed by atoms with Gasteiger partial charge < -0.3 is 15.1 Å². The fourth-order valence-corrected chi connectivity index (χ4v) is 4.05. The number of nitrogens with one attached hydrogen (secondary N) is 1. The van der Waals surface area contributed by atoms with Gasteiger partial charge in [-0.25, -0.2) is 0 Å². The van der Waals surface area contributed by atoms with Crippen molar-refractivity contribution in [1.29, 1.82) is 0 Å². The second kappa shape index (κ2) is 7.39. The molecule has 0 aliphatic carbocycles. The molecule has 140 valence electrons. The van der Waals surface area contributed by atoms with Crippen molar-refractivity contribution in [1.82, 2.24) is 15.2 Å². The molecule has 4 rings (SSSR count). The molecular weight excluding hydrogens is 340 g/mol. The number of benzene rings is 1. The molecule has 2 aliphatic rings. The highest BCUT2D eigenvalue weighted by atomic mass is 16.2. The van der Waals surface area contributed by atoms with Gasteiger partial charge in [0, 0.05) is 37.6 Å². The first-order valence-corrected chi connectivity index (χ1v) is 9.58. The lowest BCUT2D eigenvalue weighted by Gasteiger charge is -2.47. The normalized spacial score (nSPS) is 18.7. The lowest BCUT2D eigenvalue weighted by atomic mass is 9.97. The number of fused-ring (bicyclic) bond motifs is 2. The summed E-state index contributed by atoms with van der Waals surface area (Å²) in [6, 6.07) is 9.17. The Hall–Kier alpha value is -2.89. The summed E-state index contributed by atoms with van der Waals surface area (Å²) in [4.78, 5) is 33.7. The number of rotatable bonds is 4. The van der Waals surface area contributed by atoms with Gasteiger partial charge in [-0.15, -0.1) is 0 Å². The molecule has 0 radical (unpaired) electrons. The van der Waals surface area contributed by atoms with E-state index >= 15 is 0 Å². The highest BCUT2D eigenvalue weighted by Gasteiger charge is 2.38. The Balaban J connectivity index is 1.58. The number of carbonyl (C=O) groups is 2. The number of hydrogen-bond donors (Lipinski definition) is 1. The Morgan fingerprint density at radius 3 is 2.81 bits per heavy atom. The molecule has 0 spiro atoms. The molecule has 0 saturated carbocycles. The summed E-state index contributed by atoms with van der Waals surface area (Å²) in [5.41, 5.74) is 3.15. The zero-order valence-electron chi connectivity index (χ0n) is 15.5. The molecule has 3 heterocycles. The molecule has 1 N–H and O–H groups in total. The summed E-state index contributed by atoms with van der Waals surface area (Å²) in [5, 5.41) is 2.94. The van der Waals surface area contributed by atoms with Crippen LogP contribution in [-0.2, 0) is 6.54 Å². The molecule has 1 aromatic heterocycles. The van der Waals surface area contributed by atoms with Gasteiger partial charge in [-0.2, -0.15) is 0 Å². The minimum Gasteiger partial charge on any atom is -0.351 e. The zero-order valence-corrected chi connectivity index (χ0v) is 15.5. The number of hydrogen-bond acceptors (Lipinski definition) is 4. The Morgan fingerprint density at radius 2 is 2.04 bits per heavy atom. The Kier molecular flexibility index (Phi) is 4.79. The number of nitrogens with zero attached hydrogens (tertiary/aromatic N) is 3. The molecule has 6 heteroatoms. The van der Waals surface area contributed by atoms with E-state index < -0.39 is 0 Å². The summed E-state index contributed by atoms with van der Waals surface area (Å²) in [6.45, 7) is 4.17. The molecule has 1 fully saturated rings. The molecule has 2 aliphatic heterocycles. The third kappa shape index (κ3) is 3.27. The third-order valence-electron chi connectivity index (χ3n) is 5.43. The van der Waals surface area contributed by atoms with Crippen LogP contribution in [-0.4, -0.2) is 41.0 Å². The van der Waals surface area contributed by atoms with Crippen LogP contribution < -0.4 is 10.2 Å². The Bertz CT molecular complexity index is 853. The highest BCUT2D eigenvalue weighted by Crippen LogP contribution is 2.35. The average Bonchev–Trinajstić information content (AvgIpc) is 2.73. The molecule has 1 aromatic carbocycles. The van der Waals surface area contributed by atoms with E-state index in [1.165, 1.54) is 0 Å². The first-order chi connectivity index (χ1) is 13.2. The monoisotopic (exact) mass is 364 g/mol. The molecule has 1 saturated heterocycles. The van der Waals surface area contributed by atoms with Crippen LogP contribution >= 0.6 is 0 Å². The standard InChI is InChI=1S/C21H24N4O2/c1-2-24-18-13-16(20(26)23-14-15-8-10-22-11-9-15)6-7-17(18)21(27)25-12-4-3-5-19(24)25/h6-11,13,19H,2-5,12,14H2,1H3,(H,23,26)/t19-/m0/s1. The molecular formula is C21H24N4O2. The highest BCUT2D eigenvalue weighted by molar-refractivity contribution is 6.04. The smallest absolute Gasteiger partial charge is 0.257 e. The lowest BCUT2D eigenvalue weighted by Crippen LogP contribution is -2.57. The summed E-state index contributed by atoms with van der Waals surface area (Å²) < 4.78 is 0. The maximum atomic E-state index is 12.9. The summed E-state index contributed by atoms with van der Waals surface area (Å²) in [5.74, 6) is -0.0488. The number of carbonyl (C=O) groups excluding carboxylic acids is 2. The third-order valence-corrected chi connectivity index (χ3v) is 5.43. The lowest BCUT2D eigenvalue weighted by molar-refractivity contribution is 0.0582. The minimum atomic E-state index is -0.135. The Labute approximate surface area is 159 Å². The van der Waals surface area contributed by atoms with Crippen molar-refractivity contribution in [2.45, 2.75) is 38.9 Å². The van der Waals surface area contributed by atoms with Crippen molar-refractivity contribution in [3.05, 3.63) is 59.4 Å². The van der Waals surface area contributed by atoms with E-state index in [9.17, 15) is 9.59 Å². The van der Waals surface area contributed by atoms with Crippen LogP contribution in [0.5, 0.6) is 0 Å². The minimum absolute atomic E-state index is 0.0862. The quantitative estimate of drug-likeness (QED) is 0.906. The predicted octanol–water partition coefficient (Wildman–Crippen LogP) is 2.80. The van der Waals surface area contributed by atoms with E-state index in [1.807, 2.05) is 23.1 Å². The van der Waals surface area contributed by atoms with Crippen molar-refractivity contribution in [2.24, 2.45) is 0 Å². The topological polar surface area (TPSA) is 65.5 Å². The van der Waals surface area contributed by atoms with Crippen molar-refractivity contribution >= 4 is 17.5 Å². The van der Waals surface area contributed by atoms with Gasteiger partial charge in [0.1, 0.15) is 6.17 Å². The first-order valence-electron chi connectivity index (χ1n) is 9.58. The summed E-state index contributed by atoms with van der Waals surface area (Å²) in [6.07, 6.45) is 6.70. The summed E-state index contributed by atoms with van der Waals surface area (Å²) in [7, 11) is 0. The Morgan fingerprint density at radius 1 is 1.22 bits per heavy atom. The van der Waals surface area contributed by atoms with Gasteiger partial charge in [-0.3, -0.25) is 14.6 Å². The van der Waals surface area contributed by atoms with Crippen LogP contribution in [0.3, 0.4) is 0 Å². The van der Waals surface area contributed by atoms with Gasteiger partial charge in [0.25, 0.3) is 11.8 Å². The van der Waals surface area contributed by atoms with Crippen LogP contribution in [0.2, 0.25) is 0 Å². The average molecular weight is 364 g/mol. The number of amides is 2. The molecule has 2 amide bonds. The molecule has 0 bridgehead atoms. The van der Waals surface area contributed by atoms with Crippen molar-refractivity contribution in [3.8, 4) is 0 Å². The van der Waals surface area contributed by atoms with Gasteiger partial charge in [0.05, 0.1) is 11.3 Å². The van der Waals surface area contributed by atoms with Crippen LogP contribution in [0.4, 0.5) is 5.69 Å². The second-order valence-electron chi connectivity index (χ2n) is 7.03. The van der Waals surface area contributed by atoms with Crippen LogP contribution in [0, 0.1) is 0 Å². The maximum absolute atomic E-state index is 12.9. The van der Waals surface area contributed by atoms with E-state index in [4.69, 9.17) is 0 Å². The van der Waals surface area contributed by atoms with Gasteiger partial charge in [0.15, 0.2) is 0 Å². The number of pyridine rings is 1. The number of aromatic nitrogens is 1. The van der Waals surface area contributed by atoms with E-state index in [0.29, 0.717) is 17.7 Å². The number of piperidine rings is 1. The van der Waals surface area contributed by atoms with Gasteiger partial charge in [-0.1, -0.05) is 0 Å². The van der Waals surface area contributed by atoms with Crippen LogP contribution in [0.25, 0.3) is 0 Å². The SMILES string of the molecule is CCN1c2cc(C(=O)NCc3ccncc3)ccc2C(=O)N2CCCC[C@H]21. The molecule has 2 aromatic rings. The van der Waals surface area contributed by atoms with E-state index in [-0.39, 0.29) is 18.0 Å². The van der Waals surface area contributed by atoms with E-state index in [1.54, 1.807) is 24.5 Å². The van der Waals surface area contributed by atoms with Crippen LogP contribution in [0.15, 0.2) is 42.7 Å². The molecule has 0 unspecified atom stereocenters. The predicted molar refractivity (Wildman–Crippen MR) is 104 cm³/mol. The number of anilines is 1. The summed E-state index contributed by atoms with van der Waals surface area (Å²) >= 11 is 0. The largest absolute Gasteiger partial charge is 0.351 e. The zero-order chi connectivity index (χ0) is 18.8. The van der Waals surface area contributed by atoms with Gasteiger partial charge in [0.2, 0.25) is 0 Å². The maximum Gasteiger partial charge on any atom is 0.257 e. The fraction of sp³-hybridized carbons (Fsp3) is 0.381. The van der Waals surface area contributed by atoms with Crippen LogP contribution in [0.1, 0.15) is 52.5 Å². The van der Waals surface area contributed by atoms with Gasteiger partial charge >= 0.3 is 0 Å². The second-order valence-corrected chi connectivity index (χ2v) is 7.03. The molecule has 6 nitrogen and oxygen atoms in total. The molecule has 27 heavy (non-hydrogen) atoms.